The van der Waals surface area contributed by atoms with Gasteiger partial charge in [0.2, 0.25) is 0 Å². The highest BCUT2D eigenvalue weighted by Gasteiger charge is 2.15. The van der Waals surface area contributed by atoms with Crippen LogP contribution >= 0.6 is 11.9 Å². The number of aromatic nitrogens is 1. The number of rotatable bonds is 3. The first kappa shape index (κ1) is 12.8. The van der Waals surface area contributed by atoms with Crippen molar-refractivity contribution >= 4 is 28.8 Å². The van der Waals surface area contributed by atoms with Crippen LogP contribution in [0.3, 0.4) is 0 Å². The molecule has 1 N–H and O–H groups in total. The van der Waals surface area contributed by atoms with Crippen molar-refractivity contribution in [3.8, 4) is 0 Å². The third-order valence-electron chi connectivity index (χ3n) is 3.07. The molecule has 0 unspecified atom stereocenters. The molecule has 4 heteroatoms. The summed E-state index contributed by atoms with van der Waals surface area (Å²) in [6.45, 7) is 0. The van der Waals surface area contributed by atoms with Crippen molar-refractivity contribution in [1.29, 1.82) is 0 Å². The molecule has 1 aromatic heterocycles. The average molecular weight is 282 g/mol. The first-order chi connectivity index (χ1) is 9.79. The van der Waals surface area contributed by atoms with E-state index in [1.54, 1.807) is 19.0 Å². The largest absolute Gasteiger partial charge is 0.354 e. The summed E-state index contributed by atoms with van der Waals surface area (Å²) in [5.41, 5.74) is 1.70. The number of hydrogen-bond donors (Lipinski definition) is 1. The molecule has 1 heterocycles. The standard InChI is InChI=1S/C16H14N2OS/c1-17-16(19)15-11-12-7-5-6-10-14(12)18(15)20-13-8-3-2-4-9-13/h2-11H,1H3,(H,17,19). The Balaban J connectivity index is 2.13. The van der Waals surface area contributed by atoms with Crippen LogP contribution in [0, 0.1) is 0 Å². The third kappa shape index (κ3) is 2.30. The van der Waals surface area contributed by atoms with Gasteiger partial charge >= 0.3 is 0 Å². The van der Waals surface area contributed by atoms with Crippen LogP contribution < -0.4 is 5.32 Å². The Morgan fingerprint density at radius 3 is 2.50 bits per heavy atom. The minimum atomic E-state index is -0.0790. The molecular formula is C16H14N2OS. The van der Waals surface area contributed by atoms with E-state index in [0.29, 0.717) is 5.69 Å². The molecule has 0 atom stereocenters. The average Bonchev–Trinajstić information content (AvgIpc) is 2.86. The maximum atomic E-state index is 12.0. The molecule has 0 fully saturated rings. The lowest BCUT2D eigenvalue weighted by molar-refractivity contribution is 0.0958. The van der Waals surface area contributed by atoms with E-state index in [4.69, 9.17) is 0 Å². The molecule has 0 aliphatic rings. The summed E-state index contributed by atoms with van der Waals surface area (Å²) >= 11 is 1.55. The number of nitrogens with one attached hydrogen (secondary N) is 1. The Hall–Kier alpha value is -2.20. The van der Waals surface area contributed by atoms with Crippen LogP contribution in [0.4, 0.5) is 0 Å². The molecule has 0 aliphatic heterocycles. The maximum absolute atomic E-state index is 12.0. The number of carbonyl (C=O) groups is 1. The smallest absolute Gasteiger partial charge is 0.268 e. The predicted molar refractivity (Wildman–Crippen MR) is 83.0 cm³/mol. The maximum Gasteiger partial charge on any atom is 0.268 e. The Kier molecular flexibility index (Phi) is 3.48. The lowest BCUT2D eigenvalue weighted by Gasteiger charge is -2.08. The molecule has 20 heavy (non-hydrogen) atoms. The van der Waals surface area contributed by atoms with E-state index in [0.717, 1.165) is 15.8 Å². The molecular weight excluding hydrogens is 268 g/mol. The Labute approximate surface area is 121 Å². The lowest BCUT2D eigenvalue weighted by atomic mass is 10.2. The van der Waals surface area contributed by atoms with E-state index in [-0.39, 0.29) is 5.91 Å². The van der Waals surface area contributed by atoms with Crippen LogP contribution in [0.25, 0.3) is 10.9 Å². The molecule has 100 valence electrons. The second kappa shape index (κ2) is 5.43. The lowest BCUT2D eigenvalue weighted by Crippen LogP contribution is -2.20. The highest BCUT2D eigenvalue weighted by atomic mass is 32.2. The van der Waals surface area contributed by atoms with Gasteiger partial charge in [-0.15, -0.1) is 0 Å². The number of amides is 1. The minimum Gasteiger partial charge on any atom is -0.354 e. The van der Waals surface area contributed by atoms with Crippen molar-refractivity contribution in [2.24, 2.45) is 0 Å². The fourth-order valence-electron chi connectivity index (χ4n) is 2.10. The molecule has 2 aromatic carbocycles. The van der Waals surface area contributed by atoms with E-state index in [1.165, 1.54) is 0 Å². The first-order valence-corrected chi connectivity index (χ1v) is 7.13. The molecule has 0 radical (unpaired) electrons. The number of para-hydroxylation sites is 1. The summed E-state index contributed by atoms with van der Waals surface area (Å²) in [5, 5.41) is 3.76. The number of nitrogens with zero attached hydrogens (tertiary/aromatic N) is 1. The van der Waals surface area contributed by atoms with Gasteiger partial charge in [-0.2, -0.15) is 0 Å². The van der Waals surface area contributed by atoms with Gasteiger partial charge in [-0.3, -0.25) is 8.77 Å². The summed E-state index contributed by atoms with van der Waals surface area (Å²) in [7, 11) is 1.65. The fourth-order valence-corrected chi connectivity index (χ4v) is 3.09. The summed E-state index contributed by atoms with van der Waals surface area (Å²) in [6, 6.07) is 20.0. The molecule has 1 amide bonds. The van der Waals surface area contributed by atoms with Crippen molar-refractivity contribution in [1.82, 2.24) is 9.29 Å². The zero-order chi connectivity index (χ0) is 13.9. The van der Waals surface area contributed by atoms with Crippen LogP contribution in [-0.4, -0.2) is 16.9 Å². The molecule has 0 bridgehead atoms. The SMILES string of the molecule is CNC(=O)c1cc2ccccc2n1Sc1ccccc1. The van der Waals surface area contributed by atoms with Crippen LogP contribution in [0.2, 0.25) is 0 Å². The highest BCUT2D eigenvalue weighted by Crippen LogP contribution is 2.29. The highest BCUT2D eigenvalue weighted by molar-refractivity contribution is 7.98. The van der Waals surface area contributed by atoms with Gasteiger partial charge in [-0.05, 0) is 36.2 Å². The zero-order valence-corrected chi connectivity index (χ0v) is 11.9. The second-order valence-electron chi connectivity index (χ2n) is 4.37. The summed E-state index contributed by atoms with van der Waals surface area (Å²) in [4.78, 5) is 13.1. The summed E-state index contributed by atoms with van der Waals surface area (Å²) in [6.07, 6.45) is 0. The van der Waals surface area contributed by atoms with E-state index in [9.17, 15) is 4.79 Å². The molecule has 0 spiro atoms. The number of benzene rings is 2. The zero-order valence-electron chi connectivity index (χ0n) is 11.0. The summed E-state index contributed by atoms with van der Waals surface area (Å²) < 4.78 is 1.98. The van der Waals surface area contributed by atoms with Gasteiger partial charge in [0.05, 0.1) is 5.52 Å². The molecule has 0 saturated heterocycles. The topological polar surface area (TPSA) is 34.0 Å². The normalized spacial score (nSPS) is 10.7. The van der Waals surface area contributed by atoms with Crippen molar-refractivity contribution in [3.05, 3.63) is 66.4 Å². The first-order valence-electron chi connectivity index (χ1n) is 6.35. The monoisotopic (exact) mass is 282 g/mol. The van der Waals surface area contributed by atoms with E-state index >= 15 is 0 Å². The Bertz CT molecular complexity index is 750. The van der Waals surface area contributed by atoms with Crippen LogP contribution in [0.15, 0.2) is 65.6 Å². The van der Waals surface area contributed by atoms with Gasteiger partial charge in [0, 0.05) is 17.3 Å². The van der Waals surface area contributed by atoms with Gasteiger partial charge in [0.1, 0.15) is 5.69 Å². The predicted octanol–water partition coefficient (Wildman–Crippen LogP) is 3.56. The Morgan fingerprint density at radius 1 is 1.05 bits per heavy atom. The van der Waals surface area contributed by atoms with Gasteiger partial charge in [-0.1, -0.05) is 36.4 Å². The molecule has 3 rings (SSSR count). The van der Waals surface area contributed by atoms with Crippen LogP contribution in [0.5, 0.6) is 0 Å². The van der Waals surface area contributed by atoms with Crippen LogP contribution in [0.1, 0.15) is 10.5 Å². The number of carbonyl (C=O) groups excluding carboxylic acids is 1. The Morgan fingerprint density at radius 2 is 1.75 bits per heavy atom. The molecule has 3 aromatic rings. The number of hydrogen-bond acceptors (Lipinski definition) is 2. The quantitative estimate of drug-likeness (QED) is 0.797. The molecule has 0 saturated carbocycles. The van der Waals surface area contributed by atoms with Crippen LogP contribution in [-0.2, 0) is 0 Å². The van der Waals surface area contributed by atoms with Crippen molar-refractivity contribution in [2.45, 2.75) is 4.90 Å². The van der Waals surface area contributed by atoms with Gasteiger partial charge in [0.25, 0.3) is 5.91 Å². The summed E-state index contributed by atoms with van der Waals surface area (Å²) in [5.74, 6) is -0.0790. The second-order valence-corrected chi connectivity index (χ2v) is 5.39. The van der Waals surface area contributed by atoms with Crippen molar-refractivity contribution in [2.75, 3.05) is 7.05 Å². The number of fused-ring (bicyclic) bond motifs is 1. The fraction of sp³-hybridized carbons (Fsp3) is 0.0625. The van der Waals surface area contributed by atoms with E-state index in [1.807, 2.05) is 64.6 Å². The van der Waals surface area contributed by atoms with E-state index < -0.39 is 0 Å². The van der Waals surface area contributed by atoms with Gasteiger partial charge in [0.15, 0.2) is 0 Å². The molecule has 3 nitrogen and oxygen atoms in total. The van der Waals surface area contributed by atoms with Crippen molar-refractivity contribution in [3.63, 3.8) is 0 Å². The van der Waals surface area contributed by atoms with E-state index in [2.05, 4.69) is 5.32 Å². The van der Waals surface area contributed by atoms with Crippen molar-refractivity contribution < 1.29 is 4.79 Å². The molecule has 0 aliphatic carbocycles. The third-order valence-corrected chi connectivity index (χ3v) is 4.13. The minimum absolute atomic E-state index is 0.0790. The van der Waals surface area contributed by atoms with Gasteiger partial charge in [-0.25, -0.2) is 0 Å². The van der Waals surface area contributed by atoms with Gasteiger partial charge < -0.3 is 5.32 Å².